The molecule has 1 aromatic carbocycles. The van der Waals surface area contributed by atoms with Gasteiger partial charge in [0.1, 0.15) is 11.9 Å². The Kier molecular flexibility index (Phi) is 6.24. The number of rotatable bonds is 6. The third kappa shape index (κ3) is 4.32. The van der Waals surface area contributed by atoms with Gasteiger partial charge >= 0.3 is 0 Å². The van der Waals surface area contributed by atoms with Gasteiger partial charge in [-0.25, -0.2) is 4.39 Å². The van der Waals surface area contributed by atoms with Crippen LogP contribution in [0.1, 0.15) is 54.1 Å². The second-order valence-corrected chi connectivity index (χ2v) is 9.76. The molecule has 1 unspecified atom stereocenters. The summed E-state index contributed by atoms with van der Waals surface area (Å²) >= 11 is 0. The van der Waals surface area contributed by atoms with Gasteiger partial charge < -0.3 is 25.0 Å². The summed E-state index contributed by atoms with van der Waals surface area (Å²) in [4.78, 5) is 26.9. The maximum Gasteiger partial charge on any atom is 0.255 e. The third-order valence-corrected chi connectivity index (χ3v) is 7.55. The van der Waals surface area contributed by atoms with E-state index in [-0.39, 0.29) is 36.3 Å². The van der Waals surface area contributed by atoms with Gasteiger partial charge in [-0.1, -0.05) is 12.6 Å². The third-order valence-electron chi connectivity index (χ3n) is 7.55. The van der Waals surface area contributed by atoms with Crippen LogP contribution >= 0.6 is 0 Å². The lowest BCUT2D eigenvalue weighted by molar-refractivity contribution is -0.126. The van der Waals surface area contributed by atoms with E-state index in [1.54, 1.807) is 12.1 Å². The van der Waals surface area contributed by atoms with Gasteiger partial charge in [0.25, 0.3) is 5.91 Å². The highest BCUT2D eigenvalue weighted by Crippen LogP contribution is 2.32. The molecule has 0 saturated carbocycles. The maximum absolute atomic E-state index is 15.6. The molecule has 2 N–H and O–H groups in total. The van der Waals surface area contributed by atoms with Crippen LogP contribution in [-0.4, -0.2) is 60.8 Å². The summed E-state index contributed by atoms with van der Waals surface area (Å²) < 4.78 is 27.0. The average molecular weight is 458 g/mol. The van der Waals surface area contributed by atoms with E-state index in [1.165, 1.54) is 4.90 Å². The number of nitrogens with zero attached hydrogens (tertiary/aromatic N) is 1. The summed E-state index contributed by atoms with van der Waals surface area (Å²) in [5.41, 5.74) is 1.95. The Morgan fingerprint density at radius 1 is 1.30 bits per heavy atom. The zero-order valence-corrected chi connectivity index (χ0v) is 19.1. The number of allylic oxidation sites excluding steroid dienone is 1. The Morgan fingerprint density at radius 3 is 2.85 bits per heavy atom. The number of hydrogen-bond donors (Lipinski definition) is 2. The summed E-state index contributed by atoms with van der Waals surface area (Å²) in [5.74, 6) is -0.371. The maximum atomic E-state index is 15.6. The van der Waals surface area contributed by atoms with Crippen molar-refractivity contribution in [2.75, 3.05) is 19.8 Å². The Labute approximate surface area is 193 Å². The van der Waals surface area contributed by atoms with Gasteiger partial charge in [0.2, 0.25) is 5.91 Å². The fraction of sp³-hybridized carbons (Fsp3) is 0.600. The second kappa shape index (κ2) is 9.16. The van der Waals surface area contributed by atoms with Crippen molar-refractivity contribution in [3.63, 3.8) is 0 Å². The molecule has 0 spiro atoms. The number of halogens is 1. The van der Waals surface area contributed by atoms with Gasteiger partial charge in [0, 0.05) is 47.9 Å². The van der Waals surface area contributed by atoms with Gasteiger partial charge in [-0.15, -0.1) is 0 Å². The van der Waals surface area contributed by atoms with Crippen molar-refractivity contribution >= 4 is 11.8 Å². The molecule has 8 heteroatoms. The predicted octanol–water partition coefficient (Wildman–Crippen LogP) is 2.29. The molecule has 0 aromatic heterocycles. The quantitative estimate of drug-likeness (QED) is 0.685. The van der Waals surface area contributed by atoms with Crippen LogP contribution in [0.25, 0.3) is 0 Å². The second-order valence-electron chi connectivity index (χ2n) is 9.76. The fourth-order valence-corrected chi connectivity index (χ4v) is 5.36. The SMILES string of the molecule is C=C1CCC(N2Cc3c(ccc(C[C@H]4OCCC[C@@H]4N[C@@H](C)C4COC4)c3F)C2=O)C(=O)N1. The van der Waals surface area contributed by atoms with Gasteiger partial charge in [-0.3, -0.25) is 9.59 Å². The molecule has 4 atom stereocenters. The molecule has 4 heterocycles. The number of ether oxygens (including phenoxy) is 2. The summed E-state index contributed by atoms with van der Waals surface area (Å²) in [5, 5.41) is 6.41. The van der Waals surface area contributed by atoms with Crippen molar-refractivity contribution < 1.29 is 23.5 Å². The van der Waals surface area contributed by atoms with Crippen LogP contribution in [-0.2, 0) is 27.2 Å². The summed E-state index contributed by atoms with van der Waals surface area (Å²) in [6, 6.07) is 3.29. The zero-order valence-electron chi connectivity index (χ0n) is 19.1. The predicted molar refractivity (Wildman–Crippen MR) is 120 cm³/mol. The monoisotopic (exact) mass is 457 g/mol. The van der Waals surface area contributed by atoms with E-state index in [2.05, 4.69) is 24.1 Å². The van der Waals surface area contributed by atoms with Crippen LogP contribution in [0.15, 0.2) is 24.4 Å². The van der Waals surface area contributed by atoms with E-state index in [0.717, 1.165) is 26.1 Å². The number of fused-ring (bicyclic) bond motifs is 1. The van der Waals surface area contributed by atoms with Gasteiger partial charge in [-0.2, -0.15) is 0 Å². The summed E-state index contributed by atoms with van der Waals surface area (Å²) in [6.07, 6.45) is 3.41. The van der Waals surface area contributed by atoms with E-state index >= 15 is 4.39 Å². The number of piperidine rings is 1. The lowest BCUT2D eigenvalue weighted by atomic mass is 9.92. The highest BCUT2D eigenvalue weighted by molar-refractivity contribution is 6.01. The van der Waals surface area contributed by atoms with E-state index in [1.807, 2.05) is 0 Å². The van der Waals surface area contributed by atoms with Gasteiger partial charge in [0.05, 0.1) is 25.9 Å². The number of amides is 2. The number of carbonyl (C=O) groups is 2. The molecule has 3 saturated heterocycles. The molecule has 0 radical (unpaired) electrons. The first-order valence-electron chi connectivity index (χ1n) is 12.0. The van der Waals surface area contributed by atoms with E-state index in [4.69, 9.17) is 9.47 Å². The molecule has 3 fully saturated rings. The number of hydrogen-bond acceptors (Lipinski definition) is 5. The molecule has 178 valence electrons. The first kappa shape index (κ1) is 22.5. The van der Waals surface area contributed by atoms with Crippen molar-refractivity contribution in [1.29, 1.82) is 0 Å². The topological polar surface area (TPSA) is 79.9 Å². The standard InChI is InChI=1S/C25H32FN3O4/c1-14-5-8-21(24(30)27-14)29-11-19-18(25(29)31)7-6-16(23(19)26)10-22-20(4-3-9-33-22)28-15(2)17-12-32-13-17/h6-7,15,17,20-22,28H,1,3-5,8-13H2,2H3,(H,27,30)/t15-,20-,21?,22+/m0/s1. The summed E-state index contributed by atoms with van der Waals surface area (Å²) in [7, 11) is 0. The molecule has 5 rings (SSSR count). The van der Waals surface area contributed by atoms with Gasteiger partial charge in [-0.05, 0) is 44.2 Å². The van der Waals surface area contributed by atoms with Crippen molar-refractivity contribution in [3.05, 3.63) is 46.9 Å². The van der Waals surface area contributed by atoms with Crippen molar-refractivity contribution in [2.24, 2.45) is 5.92 Å². The molecule has 4 aliphatic heterocycles. The molecule has 0 bridgehead atoms. The number of nitrogens with one attached hydrogen (secondary N) is 2. The zero-order chi connectivity index (χ0) is 23.1. The Morgan fingerprint density at radius 2 is 2.12 bits per heavy atom. The highest BCUT2D eigenvalue weighted by Gasteiger charge is 2.40. The lowest BCUT2D eigenvalue weighted by Gasteiger charge is -2.39. The smallest absolute Gasteiger partial charge is 0.255 e. The fourth-order valence-electron chi connectivity index (χ4n) is 5.36. The Bertz CT molecular complexity index is 963. The molecule has 0 aliphatic carbocycles. The average Bonchev–Trinajstić information content (AvgIpc) is 3.07. The van der Waals surface area contributed by atoms with E-state index in [0.29, 0.717) is 60.2 Å². The van der Waals surface area contributed by atoms with E-state index in [9.17, 15) is 9.59 Å². The lowest BCUT2D eigenvalue weighted by Crippen LogP contribution is -2.54. The molecule has 7 nitrogen and oxygen atoms in total. The minimum atomic E-state index is -0.592. The van der Waals surface area contributed by atoms with Gasteiger partial charge in [0.15, 0.2) is 0 Å². The van der Waals surface area contributed by atoms with Crippen LogP contribution in [0.2, 0.25) is 0 Å². The molecule has 1 aromatic rings. The van der Waals surface area contributed by atoms with Crippen molar-refractivity contribution in [1.82, 2.24) is 15.5 Å². The van der Waals surface area contributed by atoms with Crippen LogP contribution in [0.4, 0.5) is 4.39 Å². The largest absolute Gasteiger partial charge is 0.381 e. The molecule has 33 heavy (non-hydrogen) atoms. The van der Waals surface area contributed by atoms with Crippen molar-refractivity contribution in [3.8, 4) is 0 Å². The highest BCUT2D eigenvalue weighted by atomic mass is 19.1. The summed E-state index contributed by atoms with van der Waals surface area (Å²) in [6.45, 7) is 8.31. The number of benzene rings is 1. The molecule has 4 aliphatic rings. The Balaban J connectivity index is 1.30. The normalized spacial score (nSPS) is 29.0. The minimum absolute atomic E-state index is 0.115. The Hall–Kier alpha value is -2.29. The van der Waals surface area contributed by atoms with Crippen LogP contribution in [0.3, 0.4) is 0 Å². The first-order chi connectivity index (χ1) is 15.9. The van der Waals surface area contributed by atoms with Crippen LogP contribution in [0.5, 0.6) is 0 Å². The van der Waals surface area contributed by atoms with Crippen LogP contribution < -0.4 is 10.6 Å². The van der Waals surface area contributed by atoms with E-state index < -0.39 is 6.04 Å². The minimum Gasteiger partial charge on any atom is -0.381 e. The number of carbonyl (C=O) groups excluding carboxylic acids is 2. The van der Waals surface area contributed by atoms with Crippen LogP contribution in [0, 0.1) is 11.7 Å². The molecular formula is C25H32FN3O4. The first-order valence-corrected chi connectivity index (χ1v) is 12.0. The molecule has 2 amide bonds. The van der Waals surface area contributed by atoms with Crippen molar-refractivity contribution in [2.45, 2.75) is 69.8 Å². The molecular weight excluding hydrogens is 425 g/mol.